The highest BCUT2D eigenvalue weighted by Crippen LogP contribution is 2.27. The lowest BCUT2D eigenvalue weighted by Crippen LogP contribution is -2.33. The van der Waals surface area contributed by atoms with Gasteiger partial charge in [-0.1, -0.05) is 13.8 Å². The first-order valence-corrected chi connectivity index (χ1v) is 8.53. The number of hydrogen-bond acceptors (Lipinski definition) is 3. The predicted octanol–water partition coefficient (Wildman–Crippen LogP) is 4.13. The average molecular weight is 311 g/mol. The molecule has 4 nitrogen and oxygen atoms in total. The Morgan fingerprint density at radius 2 is 2.04 bits per heavy atom. The molecule has 1 saturated heterocycles. The van der Waals surface area contributed by atoms with Crippen molar-refractivity contribution in [3.63, 3.8) is 0 Å². The number of benzene rings is 1. The number of fused-ring (bicyclic) bond motifs is 1. The molecule has 0 aliphatic carbocycles. The van der Waals surface area contributed by atoms with Gasteiger partial charge in [0.2, 0.25) is 5.91 Å². The Labute approximate surface area is 137 Å². The van der Waals surface area contributed by atoms with E-state index in [9.17, 15) is 4.79 Å². The molecule has 23 heavy (non-hydrogen) atoms. The highest BCUT2D eigenvalue weighted by atomic mass is 16.1. The molecule has 2 heterocycles. The van der Waals surface area contributed by atoms with Crippen LogP contribution in [0.5, 0.6) is 0 Å². The highest BCUT2D eigenvalue weighted by Gasteiger charge is 2.18. The molecular formula is C19H25N3O. The van der Waals surface area contributed by atoms with Crippen molar-refractivity contribution < 1.29 is 4.79 Å². The number of carbonyl (C=O) groups is 1. The van der Waals surface area contributed by atoms with Crippen molar-refractivity contribution in [1.29, 1.82) is 0 Å². The van der Waals surface area contributed by atoms with Gasteiger partial charge in [0.25, 0.3) is 0 Å². The molecule has 1 N–H and O–H groups in total. The summed E-state index contributed by atoms with van der Waals surface area (Å²) in [6.45, 7) is 8.47. The number of nitrogens with zero attached hydrogens (tertiary/aromatic N) is 2. The minimum atomic E-state index is 0.0361. The van der Waals surface area contributed by atoms with Crippen LogP contribution in [0.2, 0.25) is 0 Å². The maximum atomic E-state index is 11.6. The minimum absolute atomic E-state index is 0.0361. The Morgan fingerprint density at radius 3 is 2.74 bits per heavy atom. The van der Waals surface area contributed by atoms with Crippen LogP contribution in [0, 0.1) is 12.8 Å². The summed E-state index contributed by atoms with van der Waals surface area (Å²) in [6.07, 6.45) is 2.96. The molecule has 122 valence electrons. The first kappa shape index (κ1) is 15.8. The van der Waals surface area contributed by atoms with Gasteiger partial charge >= 0.3 is 0 Å². The molecule has 2 aromatic rings. The quantitative estimate of drug-likeness (QED) is 0.927. The van der Waals surface area contributed by atoms with Crippen LogP contribution in [0.1, 0.15) is 38.7 Å². The number of amides is 1. The second kappa shape index (κ2) is 6.57. The maximum absolute atomic E-state index is 11.6. The fourth-order valence-corrected chi connectivity index (χ4v) is 3.10. The first-order chi connectivity index (χ1) is 11.1. The standard InChI is InChI=1S/C19H25N3O/c1-4-19(23)20-15-5-6-17-16(12-15)14(3)11-18(21-17)22-9-7-13(2)8-10-22/h5-6,11-13H,4,7-10H2,1-3H3,(H,20,23). The monoisotopic (exact) mass is 311 g/mol. The van der Waals surface area contributed by atoms with Crippen LogP contribution >= 0.6 is 0 Å². The summed E-state index contributed by atoms with van der Waals surface area (Å²) in [7, 11) is 0. The number of aryl methyl sites for hydroxylation is 1. The van der Waals surface area contributed by atoms with Crippen molar-refractivity contribution >= 4 is 28.3 Å². The fourth-order valence-electron chi connectivity index (χ4n) is 3.10. The normalized spacial score (nSPS) is 15.9. The number of pyridine rings is 1. The zero-order valence-corrected chi connectivity index (χ0v) is 14.2. The molecule has 0 spiro atoms. The van der Waals surface area contributed by atoms with Gasteiger partial charge in [-0.2, -0.15) is 0 Å². The molecule has 1 amide bonds. The van der Waals surface area contributed by atoms with Crippen LogP contribution in [-0.4, -0.2) is 24.0 Å². The zero-order valence-electron chi connectivity index (χ0n) is 14.2. The Morgan fingerprint density at radius 1 is 1.30 bits per heavy atom. The lowest BCUT2D eigenvalue weighted by atomic mass is 9.99. The summed E-state index contributed by atoms with van der Waals surface area (Å²) >= 11 is 0. The van der Waals surface area contributed by atoms with Gasteiger partial charge in [-0.15, -0.1) is 0 Å². The summed E-state index contributed by atoms with van der Waals surface area (Å²) < 4.78 is 0. The number of anilines is 2. The molecule has 0 saturated carbocycles. The molecule has 1 fully saturated rings. The van der Waals surface area contributed by atoms with Gasteiger partial charge < -0.3 is 10.2 Å². The first-order valence-electron chi connectivity index (χ1n) is 8.53. The summed E-state index contributed by atoms with van der Waals surface area (Å²) in [5.41, 5.74) is 3.04. The molecule has 1 aliphatic rings. The summed E-state index contributed by atoms with van der Waals surface area (Å²) in [4.78, 5) is 18.8. The van der Waals surface area contributed by atoms with E-state index in [4.69, 9.17) is 4.98 Å². The maximum Gasteiger partial charge on any atom is 0.224 e. The molecular weight excluding hydrogens is 286 g/mol. The van der Waals surface area contributed by atoms with Crippen molar-refractivity contribution in [1.82, 2.24) is 4.98 Å². The predicted molar refractivity (Wildman–Crippen MR) is 96.0 cm³/mol. The van der Waals surface area contributed by atoms with Crippen LogP contribution in [0.3, 0.4) is 0 Å². The lowest BCUT2D eigenvalue weighted by molar-refractivity contribution is -0.115. The van der Waals surface area contributed by atoms with E-state index >= 15 is 0 Å². The van der Waals surface area contributed by atoms with Crippen LogP contribution in [-0.2, 0) is 4.79 Å². The van der Waals surface area contributed by atoms with Crippen LogP contribution in [0.4, 0.5) is 11.5 Å². The number of carbonyl (C=O) groups excluding carboxylic acids is 1. The van der Waals surface area contributed by atoms with Crippen molar-refractivity contribution in [2.45, 2.75) is 40.0 Å². The van der Waals surface area contributed by atoms with Crippen molar-refractivity contribution in [3.05, 3.63) is 29.8 Å². The molecule has 0 atom stereocenters. The van der Waals surface area contributed by atoms with E-state index < -0.39 is 0 Å². The molecule has 1 aliphatic heterocycles. The third kappa shape index (κ3) is 3.46. The second-order valence-electron chi connectivity index (χ2n) is 6.60. The highest BCUT2D eigenvalue weighted by molar-refractivity contribution is 5.94. The number of aromatic nitrogens is 1. The second-order valence-corrected chi connectivity index (χ2v) is 6.60. The summed E-state index contributed by atoms with van der Waals surface area (Å²) in [6, 6.07) is 8.13. The molecule has 0 radical (unpaired) electrons. The molecule has 0 unspecified atom stereocenters. The number of piperidine rings is 1. The average Bonchev–Trinajstić information content (AvgIpc) is 2.55. The fraction of sp³-hybridized carbons (Fsp3) is 0.474. The van der Waals surface area contributed by atoms with E-state index in [0.29, 0.717) is 6.42 Å². The van der Waals surface area contributed by atoms with E-state index in [0.717, 1.165) is 41.4 Å². The Balaban J connectivity index is 1.90. The molecule has 1 aromatic carbocycles. The number of nitrogens with one attached hydrogen (secondary N) is 1. The van der Waals surface area contributed by atoms with Crippen molar-refractivity contribution in [2.24, 2.45) is 5.92 Å². The van der Waals surface area contributed by atoms with Crippen molar-refractivity contribution in [3.8, 4) is 0 Å². The third-order valence-corrected chi connectivity index (χ3v) is 4.71. The molecule has 1 aromatic heterocycles. The number of hydrogen-bond donors (Lipinski definition) is 1. The summed E-state index contributed by atoms with van der Waals surface area (Å²) in [5, 5.41) is 4.02. The van der Waals surface area contributed by atoms with Gasteiger partial charge in [0, 0.05) is 30.6 Å². The zero-order chi connectivity index (χ0) is 16.4. The van der Waals surface area contributed by atoms with Crippen LogP contribution in [0.25, 0.3) is 10.9 Å². The Bertz CT molecular complexity index is 718. The minimum Gasteiger partial charge on any atom is -0.357 e. The van der Waals surface area contributed by atoms with Gasteiger partial charge in [-0.25, -0.2) is 4.98 Å². The van der Waals surface area contributed by atoms with Gasteiger partial charge in [-0.3, -0.25) is 4.79 Å². The Kier molecular flexibility index (Phi) is 4.51. The van der Waals surface area contributed by atoms with E-state index in [-0.39, 0.29) is 5.91 Å². The molecule has 3 rings (SSSR count). The number of rotatable bonds is 3. The van der Waals surface area contributed by atoms with E-state index in [1.807, 2.05) is 25.1 Å². The summed E-state index contributed by atoms with van der Waals surface area (Å²) in [5.74, 6) is 1.93. The molecule has 4 heteroatoms. The topological polar surface area (TPSA) is 45.2 Å². The van der Waals surface area contributed by atoms with E-state index in [2.05, 4.69) is 30.1 Å². The van der Waals surface area contributed by atoms with E-state index in [1.165, 1.54) is 18.4 Å². The largest absolute Gasteiger partial charge is 0.357 e. The SMILES string of the molecule is CCC(=O)Nc1ccc2nc(N3CCC(C)CC3)cc(C)c2c1. The van der Waals surface area contributed by atoms with Gasteiger partial charge in [0.15, 0.2) is 0 Å². The van der Waals surface area contributed by atoms with E-state index in [1.54, 1.807) is 0 Å². The lowest BCUT2D eigenvalue weighted by Gasteiger charge is -2.31. The van der Waals surface area contributed by atoms with Gasteiger partial charge in [0.05, 0.1) is 5.52 Å². The van der Waals surface area contributed by atoms with Gasteiger partial charge in [-0.05, 0) is 55.5 Å². The van der Waals surface area contributed by atoms with Gasteiger partial charge in [0.1, 0.15) is 5.82 Å². The van der Waals surface area contributed by atoms with Crippen LogP contribution < -0.4 is 10.2 Å². The Hall–Kier alpha value is -2.10. The van der Waals surface area contributed by atoms with Crippen LogP contribution in [0.15, 0.2) is 24.3 Å². The molecule has 0 bridgehead atoms. The third-order valence-electron chi connectivity index (χ3n) is 4.71. The smallest absolute Gasteiger partial charge is 0.224 e. The van der Waals surface area contributed by atoms with Crippen molar-refractivity contribution in [2.75, 3.05) is 23.3 Å².